The van der Waals surface area contributed by atoms with Crippen LogP contribution < -0.4 is 15.2 Å². The van der Waals surface area contributed by atoms with Gasteiger partial charge >= 0.3 is 0 Å². The highest BCUT2D eigenvalue weighted by atomic mass is 32.1. The summed E-state index contributed by atoms with van der Waals surface area (Å²) in [6.07, 6.45) is 1.76. The van der Waals surface area contributed by atoms with Crippen molar-refractivity contribution in [3.63, 3.8) is 0 Å². The minimum atomic E-state index is 0.0917. The van der Waals surface area contributed by atoms with Gasteiger partial charge in [0.2, 0.25) is 0 Å². The van der Waals surface area contributed by atoms with Crippen LogP contribution in [0, 0.1) is 0 Å². The maximum Gasteiger partial charge on any atom is 0.131 e. The van der Waals surface area contributed by atoms with E-state index in [9.17, 15) is 0 Å². The molecule has 0 saturated carbocycles. The molecule has 0 saturated heterocycles. The first-order valence-electron chi connectivity index (χ1n) is 7.20. The van der Waals surface area contributed by atoms with Crippen LogP contribution in [-0.2, 0) is 13.0 Å². The Bertz CT molecular complexity index is 541. The molecule has 2 N–H and O–H groups in total. The molecule has 0 aliphatic carbocycles. The number of nitrogens with two attached hydrogens (primary N) is 1. The molecule has 4 nitrogen and oxygen atoms in total. The third-order valence-corrected chi connectivity index (χ3v) is 3.55. The molecule has 0 amide bonds. The van der Waals surface area contributed by atoms with Crippen molar-refractivity contribution in [1.29, 1.82) is 0 Å². The van der Waals surface area contributed by atoms with E-state index in [-0.39, 0.29) is 6.04 Å². The highest BCUT2D eigenvalue weighted by Crippen LogP contribution is 2.27. The van der Waals surface area contributed by atoms with E-state index in [1.54, 1.807) is 11.3 Å². The van der Waals surface area contributed by atoms with E-state index in [1.807, 2.05) is 36.0 Å². The van der Waals surface area contributed by atoms with Gasteiger partial charge < -0.3 is 15.2 Å². The summed E-state index contributed by atoms with van der Waals surface area (Å²) >= 11 is 1.57. The molecular weight excluding hydrogens is 284 g/mol. The molecule has 1 aromatic heterocycles. The zero-order chi connectivity index (χ0) is 15.1. The molecule has 2 rings (SSSR count). The quantitative estimate of drug-likeness (QED) is 0.812. The predicted molar refractivity (Wildman–Crippen MR) is 86.0 cm³/mol. The van der Waals surface area contributed by atoms with Gasteiger partial charge in [-0.2, -0.15) is 0 Å². The van der Waals surface area contributed by atoms with Gasteiger partial charge in [0.15, 0.2) is 0 Å². The van der Waals surface area contributed by atoms with Crippen molar-refractivity contribution in [2.24, 2.45) is 5.73 Å². The SMILES string of the molecule is CCCOc1ccc(CC(C)N)c(OCc2cscn2)c1. The Morgan fingerprint density at radius 2 is 2.19 bits per heavy atom. The van der Waals surface area contributed by atoms with Gasteiger partial charge in [0.1, 0.15) is 18.1 Å². The number of rotatable bonds is 8. The molecule has 0 radical (unpaired) electrons. The molecule has 1 unspecified atom stereocenters. The standard InChI is InChI=1S/C16H22N2O2S/c1-3-6-19-15-5-4-13(7-12(2)17)16(8-15)20-9-14-10-21-11-18-14/h4-5,8,10-12H,3,6-7,9,17H2,1-2H3. The highest BCUT2D eigenvalue weighted by molar-refractivity contribution is 7.07. The number of ether oxygens (including phenoxy) is 2. The highest BCUT2D eigenvalue weighted by Gasteiger charge is 2.09. The molecule has 0 aliphatic rings. The fraction of sp³-hybridized carbons (Fsp3) is 0.438. The molecule has 0 aliphatic heterocycles. The van der Waals surface area contributed by atoms with Gasteiger partial charge in [-0.25, -0.2) is 4.98 Å². The van der Waals surface area contributed by atoms with E-state index < -0.39 is 0 Å². The lowest BCUT2D eigenvalue weighted by Gasteiger charge is -2.14. The molecule has 0 bridgehead atoms. The third kappa shape index (κ3) is 5.02. The fourth-order valence-electron chi connectivity index (χ4n) is 1.95. The number of thiazole rings is 1. The van der Waals surface area contributed by atoms with Crippen LogP contribution in [0.2, 0.25) is 0 Å². The summed E-state index contributed by atoms with van der Waals surface area (Å²) in [7, 11) is 0. The summed E-state index contributed by atoms with van der Waals surface area (Å²) in [6.45, 7) is 5.25. The van der Waals surface area contributed by atoms with Crippen molar-refractivity contribution in [2.45, 2.75) is 39.3 Å². The maximum absolute atomic E-state index is 5.91. The summed E-state index contributed by atoms with van der Waals surface area (Å²) in [5.74, 6) is 1.66. The van der Waals surface area contributed by atoms with E-state index in [4.69, 9.17) is 15.2 Å². The van der Waals surface area contributed by atoms with Crippen LogP contribution >= 0.6 is 11.3 Å². The van der Waals surface area contributed by atoms with Crippen LogP contribution in [0.4, 0.5) is 0 Å². The van der Waals surface area contributed by atoms with Crippen LogP contribution in [0.3, 0.4) is 0 Å². The van der Waals surface area contributed by atoms with Gasteiger partial charge in [0, 0.05) is 17.5 Å². The Labute approximate surface area is 129 Å². The van der Waals surface area contributed by atoms with Crippen molar-refractivity contribution in [2.75, 3.05) is 6.61 Å². The van der Waals surface area contributed by atoms with Crippen LogP contribution in [0.25, 0.3) is 0 Å². The molecule has 0 fully saturated rings. The van der Waals surface area contributed by atoms with Gasteiger partial charge in [0.05, 0.1) is 17.8 Å². The topological polar surface area (TPSA) is 57.4 Å². The number of aromatic nitrogens is 1. The Hall–Kier alpha value is -1.59. The number of hydrogen-bond acceptors (Lipinski definition) is 5. The molecule has 2 aromatic rings. The lowest BCUT2D eigenvalue weighted by Crippen LogP contribution is -2.18. The molecule has 21 heavy (non-hydrogen) atoms. The Kier molecular flexibility index (Phi) is 6.02. The van der Waals surface area contributed by atoms with Crippen LogP contribution in [0.15, 0.2) is 29.1 Å². The monoisotopic (exact) mass is 306 g/mol. The lowest BCUT2D eigenvalue weighted by molar-refractivity contribution is 0.289. The molecule has 1 atom stereocenters. The van der Waals surface area contributed by atoms with Crippen LogP contribution in [0.1, 0.15) is 31.5 Å². The molecule has 114 valence electrons. The smallest absolute Gasteiger partial charge is 0.131 e. The van der Waals surface area contributed by atoms with E-state index in [1.165, 1.54) is 0 Å². The molecule has 1 aromatic carbocycles. The van der Waals surface area contributed by atoms with Crippen molar-refractivity contribution >= 4 is 11.3 Å². The number of hydrogen-bond donors (Lipinski definition) is 1. The lowest BCUT2D eigenvalue weighted by atomic mass is 10.1. The second-order valence-corrected chi connectivity index (χ2v) is 5.79. The first-order valence-corrected chi connectivity index (χ1v) is 8.14. The van der Waals surface area contributed by atoms with Gasteiger partial charge in [-0.1, -0.05) is 13.0 Å². The maximum atomic E-state index is 5.91. The summed E-state index contributed by atoms with van der Waals surface area (Å²) in [5.41, 5.74) is 9.75. The minimum absolute atomic E-state index is 0.0917. The summed E-state index contributed by atoms with van der Waals surface area (Å²) in [4.78, 5) is 4.23. The van der Waals surface area contributed by atoms with Crippen molar-refractivity contribution < 1.29 is 9.47 Å². The predicted octanol–water partition coefficient (Wildman–Crippen LogP) is 3.40. The van der Waals surface area contributed by atoms with Crippen LogP contribution in [-0.4, -0.2) is 17.6 Å². The fourth-order valence-corrected chi connectivity index (χ4v) is 2.50. The largest absolute Gasteiger partial charge is 0.493 e. The summed E-state index contributed by atoms with van der Waals surface area (Å²) in [5, 5.41) is 1.99. The van der Waals surface area contributed by atoms with E-state index in [0.29, 0.717) is 13.2 Å². The molecule has 0 spiro atoms. The Balaban J connectivity index is 2.11. The van der Waals surface area contributed by atoms with Gasteiger partial charge in [-0.3, -0.25) is 0 Å². The van der Waals surface area contributed by atoms with Crippen LogP contribution in [0.5, 0.6) is 11.5 Å². The Morgan fingerprint density at radius 3 is 2.86 bits per heavy atom. The normalized spacial score (nSPS) is 12.1. The molecular formula is C16H22N2O2S. The molecule has 1 heterocycles. The Morgan fingerprint density at radius 1 is 1.33 bits per heavy atom. The number of nitrogens with zero attached hydrogens (tertiary/aromatic N) is 1. The van der Waals surface area contributed by atoms with Gasteiger partial charge in [0.25, 0.3) is 0 Å². The number of benzene rings is 1. The van der Waals surface area contributed by atoms with Gasteiger partial charge in [-0.05, 0) is 31.4 Å². The van der Waals surface area contributed by atoms with E-state index in [0.717, 1.165) is 35.6 Å². The van der Waals surface area contributed by atoms with E-state index >= 15 is 0 Å². The average molecular weight is 306 g/mol. The van der Waals surface area contributed by atoms with Crippen molar-refractivity contribution in [3.05, 3.63) is 40.3 Å². The average Bonchev–Trinajstić information content (AvgIpc) is 2.97. The minimum Gasteiger partial charge on any atom is -0.493 e. The first kappa shape index (κ1) is 15.8. The summed E-state index contributed by atoms with van der Waals surface area (Å²) < 4.78 is 11.6. The van der Waals surface area contributed by atoms with Gasteiger partial charge in [-0.15, -0.1) is 11.3 Å². The zero-order valence-corrected chi connectivity index (χ0v) is 13.4. The second kappa shape index (κ2) is 8.00. The zero-order valence-electron chi connectivity index (χ0n) is 12.5. The van der Waals surface area contributed by atoms with E-state index in [2.05, 4.69) is 11.9 Å². The third-order valence-electron chi connectivity index (χ3n) is 2.91. The van der Waals surface area contributed by atoms with Crippen molar-refractivity contribution in [3.8, 4) is 11.5 Å². The second-order valence-electron chi connectivity index (χ2n) is 5.07. The molecule has 5 heteroatoms. The van der Waals surface area contributed by atoms with Crippen molar-refractivity contribution in [1.82, 2.24) is 4.98 Å². The summed E-state index contributed by atoms with van der Waals surface area (Å²) in [6, 6.07) is 6.04. The first-order chi connectivity index (χ1) is 10.2.